The van der Waals surface area contributed by atoms with Crippen LogP contribution in [0.3, 0.4) is 0 Å². The van der Waals surface area contributed by atoms with Gasteiger partial charge in [-0.25, -0.2) is 0 Å². The number of hydrogen-bond acceptors (Lipinski definition) is 3. The Balaban J connectivity index is 1.90. The predicted octanol–water partition coefficient (Wildman–Crippen LogP) is -0.0994. The van der Waals surface area contributed by atoms with Gasteiger partial charge in [-0.1, -0.05) is 0 Å². The average Bonchev–Trinajstić information content (AvgIpc) is 2.43. The second kappa shape index (κ2) is 3.90. The van der Waals surface area contributed by atoms with Crippen LogP contribution >= 0.6 is 0 Å². The standard InChI is InChI=1S/C9H15BO3/c1-11-4-3-6-8-7(12-2)5-13-9(8)10-6/h7-9H,3-5H2,1-2H3/t7?,8?,9-/m1/s1. The maximum absolute atomic E-state index is 5.52. The normalized spacial score (nSPS) is 36.2. The molecule has 2 aliphatic heterocycles. The fourth-order valence-corrected chi connectivity index (χ4v) is 2.11. The molecule has 0 N–H and O–H groups in total. The molecule has 0 aromatic rings. The van der Waals surface area contributed by atoms with E-state index in [9.17, 15) is 0 Å². The number of fused-ring (bicyclic) bond motifs is 1. The topological polar surface area (TPSA) is 27.7 Å². The van der Waals surface area contributed by atoms with Crippen LogP contribution in [-0.2, 0) is 14.2 Å². The molecule has 2 unspecified atom stereocenters. The van der Waals surface area contributed by atoms with Gasteiger partial charge in [-0.2, -0.15) is 0 Å². The Morgan fingerprint density at radius 2 is 2.38 bits per heavy atom. The first-order valence-electron chi connectivity index (χ1n) is 4.70. The van der Waals surface area contributed by atoms with Crippen LogP contribution in [0.2, 0.25) is 0 Å². The van der Waals surface area contributed by atoms with Crippen LogP contribution in [-0.4, -0.2) is 51.9 Å². The monoisotopic (exact) mass is 182 g/mol. The van der Waals surface area contributed by atoms with Crippen molar-refractivity contribution in [3.63, 3.8) is 0 Å². The summed E-state index contributed by atoms with van der Waals surface area (Å²) in [5.74, 6) is 0.500. The van der Waals surface area contributed by atoms with Crippen LogP contribution in [0.5, 0.6) is 0 Å². The van der Waals surface area contributed by atoms with Gasteiger partial charge < -0.3 is 0 Å². The SMILES string of the molecule is COCCC1=B[C@@H]2OCC(OC)C12. The van der Waals surface area contributed by atoms with Crippen molar-refractivity contribution in [2.45, 2.75) is 18.5 Å². The molecule has 0 saturated carbocycles. The van der Waals surface area contributed by atoms with E-state index in [0.29, 0.717) is 11.9 Å². The van der Waals surface area contributed by atoms with Crippen LogP contribution in [0.15, 0.2) is 0 Å². The first-order chi connectivity index (χ1) is 6.36. The molecule has 0 radical (unpaired) electrons. The van der Waals surface area contributed by atoms with Crippen molar-refractivity contribution in [1.82, 2.24) is 0 Å². The molecule has 2 aliphatic rings. The molecule has 0 amide bonds. The third-order valence-corrected chi connectivity index (χ3v) is 2.91. The van der Waals surface area contributed by atoms with E-state index in [1.807, 2.05) is 0 Å². The van der Waals surface area contributed by atoms with E-state index in [4.69, 9.17) is 14.2 Å². The van der Waals surface area contributed by atoms with Gasteiger partial charge in [0.2, 0.25) is 0 Å². The van der Waals surface area contributed by atoms with Crippen molar-refractivity contribution in [3.8, 4) is 0 Å². The van der Waals surface area contributed by atoms with E-state index < -0.39 is 0 Å². The summed E-state index contributed by atoms with van der Waals surface area (Å²) < 4.78 is 15.9. The summed E-state index contributed by atoms with van der Waals surface area (Å²) in [5, 5.41) is 0. The van der Waals surface area contributed by atoms with Gasteiger partial charge in [-0.3, -0.25) is 0 Å². The van der Waals surface area contributed by atoms with Gasteiger partial charge in [0, 0.05) is 0 Å². The number of methoxy groups -OCH3 is 2. The summed E-state index contributed by atoms with van der Waals surface area (Å²) in [6.07, 6.45) is 1.28. The summed E-state index contributed by atoms with van der Waals surface area (Å²) in [6, 6.07) is 0.316. The van der Waals surface area contributed by atoms with Crippen LogP contribution in [0, 0.1) is 5.92 Å². The summed E-state index contributed by atoms with van der Waals surface area (Å²) >= 11 is 0. The van der Waals surface area contributed by atoms with E-state index in [1.165, 1.54) is 5.46 Å². The van der Waals surface area contributed by atoms with Crippen molar-refractivity contribution < 1.29 is 14.2 Å². The second-order valence-corrected chi connectivity index (χ2v) is 3.58. The minimum absolute atomic E-state index is 0.266. The van der Waals surface area contributed by atoms with Gasteiger partial charge in [-0.15, -0.1) is 0 Å². The first kappa shape index (κ1) is 9.37. The Morgan fingerprint density at radius 1 is 1.54 bits per heavy atom. The Morgan fingerprint density at radius 3 is 3.08 bits per heavy atom. The zero-order valence-corrected chi connectivity index (χ0v) is 8.16. The van der Waals surface area contributed by atoms with E-state index in [0.717, 1.165) is 19.6 Å². The number of hydrogen-bond donors (Lipinski definition) is 0. The Hall–Kier alpha value is -0.185. The molecule has 0 aliphatic carbocycles. The second-order valence-electron chi connectivity index (χ2n) is 3.58. The Kier molecular flexibility index (Phi) is 2.81. The van der Waals surface area contributed by atoms with E-state index >= 15 is 0 Å². The molecule has 13 heavy (non-hydrogen) atoms. The third-order valence-electron chi connectivity index (χ3n) is 2.91. The average molecular weight is 182 g/mol. The molecule has 2 rings (SSSR count). The molecule has 3 nitrogen and oxygen atoms in total. The van der Waals surface area contributed by atoms with Crippen LogP contribution in [0.25, 0.3) is 0 Å². The van der Waals surface area contributed by atoms with Gasteiger partial charge in [0.25, 0.3) is 0 Å². The molecule has 0 aromatic carbocycles. The summed E-state index contributed by atoms with van der Waals surface area (Å²) in [4.78, 5) is 0. The Labute approximate surface area is 79.3 Å². The molecule has 0 spiro atoms. The van der Waals surface area contributed by atoms with E-state index in [1.54, 1.807) is 14.2 Å². The van der Waals surface area contributed by atoms with Gasteiger partial charge in [0.1, 0.15) is 0 Å². The fraction of sp³-hybridized carbons (Fsp3) is 0.889. The molecular formula is C9H15BO3. The molecule has 4 heteroatoms. The van der Waals surface area contributed by atoms with Crippen molar-refractivity contribution >= 4 is 12.4 Å². The van der Waals surface area contributed by atoms with Gasteiger partial charge in [0.05, 0.1) is 0 Å². The summed E-state index contributed by atoms with van der Waals surface area (Å²) in [5.41, 5.74) is 1.44. The molecule has 1 fully saturated rings. The summed E-state index contributed by atoms with van der Waals surface area (Å²) in [7, 11) is 3.48. The van der Waals surface area contributed by atoms with Crippen LogP contribution < -0.4 is 0 Å². The van der Waals surface area contributed by atoms with Crippen molar-refractivity contribution in [2.75, 3.05) is 27.4 Å². The van der Waals surface area contributed by atoms with Crippen molar-refractivity contribution in [2.24, 2.45) is 5.92 Å². The van der Waals surface area contributed by atoms with Gasteiger partial charge in [0.15, 0.2) is 0 Å². The third kappa shape index (κ3) is 1.58. The van der Waals surface area contributed by atoms with Crippen molar-refractivity contribution in [3.05, 3.63) is 0 Å². The van der Waals surface area contributed by atoms with Crippen LogP contribution in [0.1, 0.15) is 6.42 Å². The number of rotatable bonds is 4. The zero-order valence-electron chi connectivity index (χ0n) is 8.16. The maximum atomic E-state index is 5.52. The Bertz CT molecular complexity index is 217. The van der Waals surface area contributed by atoms with Gasteiger partial charge >= 0.3 is 78.5 Å². The molecule has 0 bridgehead atoms. The van der Waals surface area contributed by atoms with Crippen LogP contribution in [0.4, 0.5) is 0 Å². The predicted molar refractivity (Wildman–Crippen MR) is 51.3 cm³/mol. The molecular weight excluding hydrogens is 167 g/mol. The molecule has 1 saturated heterocycles. The molecule has 72 valence electrons. The zero-order chi connectivity index (χ0) is 9.26. The van der Waals surface area contributed by atoms with E-state index in [2.05, 4.69) is 6.92 Å². The van der Waals surface area contributed by atoms with Crippen molar-refractivity contribution in [1.29, 1.82) is 0 Å². The molecule has 3 atom stereocenters. The first-order valence-corrected chi connectivity index (χ1v) is 4.70. The summed E-state index contributed by atoms with van der Waals surface area (Å²) in [6.45, 7) is 3.73. The fourth-order valence-electron chi connectivity index (χ4n) is 2.11. The minimum atomic E-state index is 0.266. The quantitative estimate of drug-likeness (QED) is 0.568. The molecule has 2 heterocycles. The van der Waals surface area contributed by atoms with E-state index in [-0.39, 0.29) is 6.10 Å². The van der Waals surface area contributed by atoms with Gasteiger partial charge in [-0.05, 0) is 0 Å². The molecule has 0 aromatic heterocycles. The number of ether oxygens (including phenoxy) is 3.